The standard InChI is InChI=1S/C25H28N4O4S/c30-24(18-7-11-34(32,33)12-8-18)23-13-19(6-10-27-23)17-1-3-22(4-2-17)28-25(31)29-15-20-5-9-26-14-21(20)16-29/h1-6,9,14,18,23,27H,7-8,10-13,15-16H2,(H,28,31). The molecule has 0 spiro atoms. The molecule has 1 saturated heterocycles. The van der Waals surface area contributed by atoms with E-state index >= 15 is 0 Å². The number of sulfone groups is 1. The molecule has 0 saturated carbocycles. The number of ketones is 1. The summed E-state index contributed by atoms with van der Waals surface area (Å²) in [6.45, 7) is 1.72. The molecule has 1 aromatic heterocycles. The number of nitrogens with zero attached hydrogens (tertiary/aromatic N) is 2. The summed E-state index contributed by atoms with van der Waals surface area (Å²) in [4.78, 5) is 31.5. The molecule has 0 aliphatic carbocycles. The molecule has 1 unspecified atom stereocenters. The van der Waals surface area contributed by atoms with Crippen LogP contribution in [-0.4, -0.2) is 54.2 Å². The molecule has 0 bridgehead atoms. The van der Waals surface area contributed by atoms with Gasteiger partial charge in [-0.1, -0.05) is 18.2 Å². The van der Waals surface area contributed by atoms with E-state index < -0.39 is 9.84 Å². The van der Waals surface area contributed by atoms with Crippen molar-refractivity contribution in [3.05, 3.63) is 65.5 Å². The highest BCUT2D eigenvalue weighted by Gasteiger charge is 2.33. The third-order valence-corrected chi connectivity index (χ3v) is 8.67. The number of rotatable bonds is 4. The fourth-order valence-electron chi connectivity index (χ4n) is 4.93. The van der Waals surface area contributed by atoms with E-state index in [2.05, 4.69) is 21.7 Å². The zero-order valence-corrected chi connectivity index (χ0v) is 19.7. The molecule has 9 heteroatoms. The van der Waals surface area contributed by atoms with Crippen molar-refractivity contribution in [2.24, 2.45) is 5.92 Å². The predicted octanol–water partition coefficient (Wildman–Crippen LogP) is 2.77. The number of benzene rings is 1. The Balaban J connectivity index is 1.18. The van der Waals surface area contributed by atoms with Gasteiger partial charge in [0.05, 0.1) is 17.5 Å². The number of hydrogen-bond acceptors (Lipinski definition) is 6. The van der Waals surface area contributed by atoms with Crippen LogP contribution >= 0.6 is 0 Å². The predicted molar refractivity (Wildman–Crippen MR) is 130 cm³/mol. The number of pyridine rings is 1. The second-order valence-corrected chi connectivity index (χ2v) is 11.5. The molecule has 8 nitrogen and oxygen atoms in total. The van der Waals surface area contributed by atoms with Crippen LogP contribution in [0.1, 0.15) is 36.0 Å². The first kappa shape index (κ1) is 22.7. The topological polar surface area (TPSA) is 108 Å². The molecule has 1 fully saturated rings. The second-order valence-electron chi connectivity index (χ2n) is 9.23. The minimum atomic E-state index is -2.99. The Labute approximate surface area is 199 Å². The zero-order chi connectivity index (χ0) is 23.7. The normalized spacial score (nSPS) is 22.1. The number of nitrogens with one attached hydrogen (secondary N) is 2. The third kappa shape index (κ3) is 4.90. The summed E-state index contributed by atoms with van der Waals surface area (Å²) in [5.74, 6) is 0.135. The first-order chi connectivity index (χ1) is 16.4. The van der Waals surface area contributed by atoms with Gasteiger partial charge in [0.1, 0.15) is 9.84 Å². The minimum absolute atomic E-state index is 0.104. The summed E-state index contributed by atoms with van der Waals surface area (Å²) >= 11 is 0. The number of hydrogen-bond donors (Lipinski definition) is 2. The highest BCUT2D eigenvalue weighted by molar-refractivity contribution is 7.91. The minimum Gasteiger partial charge on any atom is -0.316 e. The summed E-state index contributed by atoms with van der Waals surface area (Å²) in [5, 5.41) is 6.23. The summed E-state index contributed by atoms with van der Waals surface area (Å²) in [6, 6.07) is 9.18. The van der Waals surface area contributed by atoms with Gasteiger partial charge in [-0.05, 0) is 59.7 Å². The molecule has 4 heterocycles. The first-order valence-corrected chi connectivity index (χ1v) is 13.4. The van der Waals surface area contributed by atoms with Crippen LogP contribution < -0.4 is 10.6 Å². The van der Waals surface area contributed by atoms with Gasteiger partial charge in [-0.15, -0.1) is 0 Å². The summed E-state index contributed by atoms with van der Waals surface area (Å²) in [7, 11) is -2.99. The quantitative estimate of drug-likeness (QED) is 0.697. The van der Waals surface area contributed by atoms with E-state index in [0.717, 1.165) is 22.3 Å². The molecule has 1 atom stereocenters. The molecule has 5 rings (SSSR count). The highest BCUT2D eigenvalue weighted by atomic mass is 32.2. The Morgan fingerprint density at radius 1 is 1.03 bits per heavy atom. The lowest BCUT2D eigenvalue weighted by Gasteiger charge is -2.29. The van der Waals surface area contributed by atoms with Gasteiger partial charge in [-0.2, -0.15) is 0 Å². The Bertz CT molecular complexity index is 1200. The molecule has 34 heavy (non-hydrogen) atoms. The van der Waals surface area contributed by atoms with Gasteiger partial charge in [0.15, 0.2) is 5.78 Å². The van der Waals surface area contributed by atoms with Crippen molar-refractivity contribution in [3.63, 3.8) is 0 Å². The van der Waals surface area contributed by atoms with Crippen LogP contribution in [0.15, 0.2) is 48.8 Å². The fraction of sp³-hybridized carbons (Fsp3) is 0.400. The molecule has 0 radical (unpaired) electrons. The number of carbonyl (C=O) groups excluding carboxylic acids is 2. The van der Waals surface area contributed by atoms with E-state index in [4.69, 9.17) is 0 Å². The zero-order valence-electron chi connectivity index (χ0n) is 18.9. The maximum atomic E-state index is 13.0. The van der Waals surface area contributed by atoms with E-state index in [0.29, 0.717) is 44.6 Å². The highest BCUT2D eigenvalue weighted by Crippen LogP contribution is 2.28. The Kier molecular flexibility index (Phi) is 6.22. The molecule has 1 aromatic carbocycles. The first-order valence-electron chi connectivity index (χ1n) is 11.6. The van der Waals surface area contributed by atoms with Crippen molar-refractivity contribution in [2.45, 2.75) is 38.4 Å². The van der Waals surface area contributed by atoms with Gasteiger partial charge in [-0.3, -0.25) is 9.78 Å². The smallest absolute Gasteiger partial charge is 0.316 e. The van der Waals surface area contributed by atoms with Crippen LogP contribution in [0.2, 0.25) is 0 Å². The number of carbonyl (C=O) groups is 2. The largest absolute Gasteiger partial charge is 0.322 e. The maximum absolute atomic E-state index is 13.0. The van der Waals surface area contributed by atoms with Crippen molar-refractivity contribution in [1.29, 1.82) is 0 Å². The Morgan fingerprint density at radius 2 is 1.76 bits per heavy atom. The Hall–Kier alpha value is -3.04. The van der Waals surface area contributed by atoms with Crippen LogP contribution in [-0.2, 0) is 27.7 Å². The SMILES string of the molecule is O=C(C1CCS(=O)(=O)CC1)C1CC(c2ccc(NC(=O)N3Cc4ccncc4C3)cc2)=CCN1. The van der Waals surface area contributed by atoms with E-state index in [1.54, 1.807) is 17.3 Å². The Morgan fingerprint density at radius 3 is 2.50 bits per heavy atom. The van der Waals surface area contributed by atoms with Gasteiger partial charge in [0.25, 0.3) is 0 Å². The lowest BCUT2D eigenvalue weighted by Crippen LogP contribution is -2.44. The van der Waals surface area contributed by atoms with Gasteiger partial charge in [0, 0.05) is 43.6 Å². The average molecular weight is 481 g/mol. The van der Waals surface area contributed by atoms with E-state index in [1.807, 2.05) is 30.3 Å². The number of urea groups is 1. The molecular weight excluding hydrogens is 452 g/mol. The van der Waals surface area contributed by atoms with Gasteiger partial charge in [-0.25, -0.2) is 13.2 Å². The van der Waals surface area contributed by atoms with Crippen molar-refractivity contribution in [3.8, 4) is 0 Å². The second kappa shape index (κ2) is 9.31. The van der Waals surface area contributed by atoms with E-state index in [9.17, 15) is 18.0 Å². The molecule has 2 amide bonds. The monoisotopic (exact) mass is 480 g/mol. The number of Topliss-reactive ketones (excluding diaryl/α,β-unsaturated/α-hetero) is 1. The van der Waals surface area contributed by atoms with Crippen molar-refractivity contribution in [2.75, 3.05) is 23.4 Å². The average Bonchev–Trinajstić information content (AvgIpc) is 3.29. The number of fused-ring (bicyclic) bond motifs is 1. The number of amides is 2. The van der Waals surface area contributed by atoms with Crippen LogP contribution in [0, 0.1) is 5.92 Å². The van der Waals surface area contributed by atoms with Crippen LogP contribution in [0.25, 0.3) is 5.57 Å². The van der Waals surface area contributed by atoms with E-state index in [-0.39, 0.29) is 35.3 Å². The molecule has 178 valence electrons. The summed E-state index contributed by atoms with van der Waals surface area (Å²) < 4.78 is 23.4. The van der Waals surface area contributed by atoms with E-state index in [1.165, 1.54) is 0 Å². The summed E-state index contributed by atoms with van der Waals surface area (Å²) in [5.41, 5.74) is 5.01. The van der Waals surface area contributed by atoms with Gasteiger partial charge in [0.2, 0.25) is 0 Å². The molecule has 2 aromatic rings. The van der Waals surface area contributed by atoms with Crippen LogP contribution in [0.3, 0.4) is 0 Å². The van der Waals surface area contributed by atoms with Crippen molar-refractivity contribution < 1.29 is 18.0 Å². The molecule has 3 aliphatic rings. The van der Waals surface area contributed by atoms with Crippen molar-refractivity contribution in [1.82, 2.24) is 15.2 Å². The van der Waals surface area contributed by atoms with Crippen LogP contribution in [0.5, 0.6) is 0 Å². The lowest BCUT2D eigenvalue weighted by atomic mass is 9.86. The molecular formula is C25H28N4O4S. The van der Waals surface area contributed by atoms with Gasteiger partial charge >= 0.3 is 6.03 Å². The third-order valence-electron chi connectivity index (χ3n) is 6.96. The number of anilines is 1. The fourth-order valence-corrected chi connectivity index (χ4v) is 6.42. The lowest BCUT2D eigenvalue weighted by molar-refractivity contribution is -0.125. The van der Waals surface area contributed by atoms with Gasteiger partial charge < -0.3 is 15.5 Å². The number of aromatic nitrogens is 1. The summed E-state index contributed by atoms with van der Waals surface area (Å²) in [6.07, 6.45) is 7.05. The molecule has 2 N–H and O–H groups in total. The molecule has 3 aliphatic heterocycles. The van der Waals surface area contributed by atoms with Crippen LogP contribution in [0.4, 0.5) is 10.5 Å². The van der Waals surface area contributed by atoms with Crippen molar-refractivity contribution >= 4 is 32.9 Å². The maximum Gasteiger partial charge on any atom is 0.322 e.